The number of aryl methyl sites for hydroxylation is 3. The molecule has 1 aromatic heterocycles. The summed E-state index contributed by atoms with van der Waals surface area (Å²) >= 11 is 1.43. The molecule has 1 N–H and O–H groups in total. The molecule has 0 atom stereocenters. The third kappa shape index (κ3) is 2.76. The number of anilines is 1. The van der Waals surface area contributed by atoms with Crippen LogP contribution in [0, 0.1) is 13.8 Å². The van der Waals surface area contributed by atoms with E-state index in [0.29, 0.717) is 4.88 Å². The molecule has 1 aromatic carbocycles. The monoisotopic (exact) mass is 260 g/mol. The molecule has 0 unspecified atom stereocenters. The summed E-state index contributed by atoms with van der Waals surface area (Å²) in [4.78, 5) is 17.1. The Balaban J connectivity index is 2.18. The second-order valence-corrected chi connectivity index (χ2v) is 5.36. The summed E-state index contributed by atoms with van der Waals surface area (Å²) in [6, 6.07) is 7.92. The number of thiazole rings is 1. The van der Waals surface area contributed by atoms with Gasteiger partial charge in [0.05, 0.1) is 10.7 Å². The van der Waals surface area contributed by atoms with Crippen molar-refractivity contribution in [2.75, 3.05) is 5.32 Å². The Morgan fingerprint density at radius 3 is 2.78 bits per heavy atom. The first-order chi connectivity index (χ1) is 8.60. The lowest BCUT2D eigenvalue weighted by atomic mass is 10.1. The van der Waals surface area contributed by atoms with Crippen LogP contribution in [0.25, 0.3) is 0 Å². The second-order valence-electron chi connectivity index (χ2n) is 4.16. The predicted molar refractivity (Wildman–Crippen MR) is 75.4 cm³/mol. The van der Waals surface area contributed by atoms with Gasteiger partial charge in [-0.3, -0.25) is 4.79 Å². The highest BCUT2D eigenvalue weighted by molar-refractivity contribution is 7.13. The lowest BCUT2D eigenvalue weighted by molar-refractivity contribution is 0.103. The molecule has 18 heavy (non-hydrogen) atoms. The van der Waals surface area contributed by atoms with Crippen LogP contribution >= 0.6 is 11.3 Å². The fourth-order valence-electron chi connectivity index (χ4n) is 1.80. The summed E-state index contributed by atoms with van der Waals surface area (Å²) in [7, 11) is 0. The third-order valence-corrected chi connectivity index (χ3v) is 3.77. The van der Waals surface area contributed by atoms with Gasteiger partial charge < -0.3 is 5.32 Å². The number of hydrogen-bond acceptors (Lipinski definition) is 3. The first-order valence-corrected chi connectivity index (χ1v) is 6.76. The van der Waals surface area contributed by atoms with E-state index in [9.17, 15) is 4.79 Å². The van der Waals surface area contributed by atoms with E-state index in [1.165, 1.54) is 16.9 Å². The summed E-state index contributed by atoms with van der Waals surface area (Å²) < 4.78 is 0. The zero-order valence-corrected chi connectivity index (χ0v) is 11.6. The smallest absolute Gasteiger partial charge is 0.267 e. The minimum atomic E-state index is -0.0775. The van der Waals surface area contributed by atoms with Crippen LogP contribution in [0.15, 0.2) is 24.3 Å². The topological polar surface area (TPSA) is 42.0 Å². The Morgan fingerprint density at radius 2 is 2.17 bits per heavy atom. The van der Waals surface area contributed by atoms with Gasteiger partial charge in [-0.05, 0) is 38.0 Å². The van der Waals surface area contributed by atoms with E-state index in [1.54, 1.807) is 0 Å². The molecule has 2 rings (SSSR count). The second kappa shape index (κ2) is 5.31. The molecule has 0 spiro atoms. The van der Waals surface area contributed by atoms with Gasteiger partial charge in [-0.15, -0.1) is 11.3 Å². The molecule has 0 aliphatic rings. The average molecular weight is 260 g/mol. The van der Waals surface area contributed by atoms with E-state index in [2.05, 4.69) is 23.3 Å². The van der Waals surface area contributed by atoms with Crippen LogP contribution in [-0.4, -0.2) is 10.9 Å². The fraction of sp³-hybridized carbons (Fsp3) is 0.286. The molecule has 0 saturated carbocycles. The summed E-state index contributed by atoms with van der Waals surface area (Å²) in [5, 5.41) is 3.84. The quantitative estimate of drug-likeness (QED) is 0.916. The van der Waals surface area contributed by atoms with E-state index in [4.69, 9.17) is 0 Å². The highest BCUT2D eigenvalue weighted by Gasteiger charge is 2.13. The Morgan fingerprint density at radius 1 is 1.39 bits per heavy atom. The summed E-state index contributed by atoms with van der Waals surface area (Å²) in [6.07, 6.45) is 0.961. The van der Waals surface area contributed by atoms with E-state index >= 15 is 0 Å². The molecule has 0 fully saturated rings. The molecule has 0 aliphatic carbocycles. The fourth-order valence-corrected chi connectivity index (χ4v) is 2.61. The number of hydrogen-bond donors (Lipinski definition) is 1. The molecule has 0 saturated heterocycles. The maximum Gasteiger partial charge on any atom is 0.267 e. The number of carbonyl (C=O) groups is 1. The Labute approximate surface area is 111 Å². The van der Waals surface area contributed by atoms with Crippen LogP contribution < -0.4 is 5.32 Å². The van der Waals surface area contributed by atoms with Gasteiger partial charge >= 0.3 is 0 Å². The Kier molecular flexibility index (Phi) is 3.77. The molecular weight excluding hydrogens is 244 g/mol. The molecule has 1 heterocycles. The molecule has 0 aliphatic heterocycles. The molecule has 3 nitrogen and oxygen atoms in total. The number of aromatic nitrogens is 1. The van der Waals surface area contributed by atoms with E-state index in [1.807, 2.05) is 32.0 Å². The highest BCUT2D eigenvalue weighted by atomic mass is 32.1. The number of nitrogens with one attached hydrogen (secondary N) is 1. The minimum Gasteiger partial charge on any atom is -0.321 e. The van der Waals surface area contributed by atoms with Crippen molar-refractivity contribution in [3.05, 3.63) is 45.4 Å². The maximum atomic E-state index is 12.1. The first kappa shape index (κ1) is 12.8. The number of nitrogens with zero attached hydrogens (tertiary/aromatic N) is 1. The molecular formula is C14H16N2OS. The molecule has 0 radical (unpaired) electrons. The van der Waals surface area contributed by atoms with Crippen molar-refractivity contribution in [3.63, 3.8) is 0 Å². The predicted octanol–water partition coefficient (Wildman–Crippen LogP) is 3.57. The minimum absolute atomic E-state index is 0.0775. The van der Waals surface area contributed by atoms with Gasteiger partial charge in [0, 0.05) is 5.69 Å². The van der Waals surface area contributed by atoms with E-state index < -0.39 is 0 Å². The number of benzene rings is 1. The van der Waals surface area contributed by atoms with Crippen molar-refractivity contribution in [1.82, 2.24) is 4.98 Å². The molecule has 1 amide bonds. The van der Waals surface area contributed by atoms with Crippen molar-refractivity contribution in [1.29, 1.82) is 0 Å². The van der Waals surface area contributed by atoms with Gasteiger partial charge in [0.25, 0.3) is 5.91 Å². The van der Waals surface area contributed by atoms with Crippen LogP contribution in [0.4, 0.5) is 5.69 Å². The maximum absolute atomic E-state index is 12.1. The van der Waals surface area contributed by atoms with Gasteiger partial charge in [0.2, 0.25) is 0 Å². The van der Waals surface area contributed by atoms with Crippen molar-refractivity contribution >= 4 is 22.9 Å². The van der Waals surface area contributed by atoms with Gasteiger partial charge in [0.1, 0.15) is 4.88 Å². The molecule has 2 aromatic rings. The summed E-state index contributed by atoms with van der Waals surface area (Å²) in [5.74, 6) is -0.0775. The van der Waals surface area contributed by atoms with Crippen molar-refractivity contribution in [3.8, 4) is 0 Å². The lowest BCUT2D eigenvalue weighted by Crippen LogP contribution is -2.11. The van der Waals surface area contributed by atoms with Crippen LogP contribution in [-0.2, 0) is 6.42 Å². The molecule has 94 valence electrons. The van der Waals surface area contributed by atoms with Crippen LogP contribution in [0.3, 0.4) is 0 Å². The Bertz CT molecular complexity index is 575. The van der Waals surface area contributed by atoms with Crippen LogP contribution in [0.1, 0.15) is 32.9 Å². The number of amides is 1. The van der Waals surface area contributed by atoms with Crippen molar-refractivity contribution in [2.24, 2.45) is 0 Å². The van der Waals surface area contributed by atoms with Crippen molar-refractivity contribution < 1.29 is 4.79 Å². The summed E-state index contributed by atoms with van der Waals surface area (Å²) in [6.45, 7) is 5.87. The average Bonchev–Trinajstić information content (AvgIpc) is 2.69. The number of carbonyl (C=O) groups excluding carboxylic acids is 1. The highest BCUT2D eigenvalue weighted by Crippen LogP contribution is 2.19. The van der Waals surface area contributed by atoms with Gasteiger partial charge in [-0.1, -0.05) is 19.1 Å². The van der Waals surface area contributed by atoms with Gasteiger partial charge in [0.15, 0.2) is 0 Å². The van der Waals surface area contributed by atoms with Crippen LogP contribution in [0.5, 0.6) is 0 Å². The third-order valence-electron chi connectivity index (χ3n) is 2.70. The van der Waals surface area contributed by atoms with Crippen molar-refractivity contribution in [2.45, 2.75) is 27.2 Å². The zero-order valence-electron chi connectivity index (χ0n) is 10.8. The van der Waals surface area contributed by atoms with Gasteiger partial charge in [-0.2, -0.15) is 0 Å². The Hall–Kier alpha value is -1.68. The largest absolute Gasteiger partial charge is 0.321 e. The summed E-state index contributed by atoms with van der Waals surface area (Å²) in [5.41, 5.74) is 2.84. The molecule has 0 bridgehead atoms. The standard InChI is InChI=1S/C14H16N2OS/c1-4-11-6-5-7-12(8-11)16-14(17)13-9(2)15-10(3)18-13/h5-8H,4H2,1-3H3,(H,16,17). The molecule has 4 heteroatoms. The SMILES string of the molecule is CCc1cccc(NC(=O)c2sc(C)nc2C)c1. The van der Waals surface area contributed by atoms with Gasteiger partial charge in [-0.25, -0.2) is 4.98 Å². The van der Waals surface area contributed by atoms with E-state index in [-0.39, 0.29) is 5.91 Å². The first-order valence-electron chi connectivity index (χ1n) is 5.94. The lowest BCUT2D eigenvalue weighted by Gasteiger charge is -2.05. The zero-order chi connectivity index (χ0) is 13.1. The van der Waals surface area contributed by atoms with E-state index in [0.717, 1.165) is 22.8 Å². The van der Waals surface area contributed by atoms with Crippen LogP contribution in [0.2, 0.25) is 0 Å². The normalized spacial score (nSPS) is 10.4. The number of rotatable bonds is 3.